The fourth-order valence-corrected chi connectivity index (χ4v) is 1.83. The molecule has 1 aromatic rings. The zero-order valence-corrected chi connectivity index (χ0v) is 7.26. The lowest BCUT2D eigenvalue weighted by molar-refractivity contribution is 0.451. The Morgan fingerprint density at radius 1 is 1.46 bits per heavy atom. The zero-order valence-electron chi connectivity index (χ0n) is 7.26. The van der Waals surface area contributed by atoms with Crippen LogP contribution in [0.2, 0.25) is 0 Å². The molecular weight excluding hydrogens is 169 g/mol. The van der Waals surface area contributed by atoms with E-state index in [2.05, 4.69) is 5.32 Å². The highest BCUT2D eigenvalue weighted by Gasteiger charge is 2.22. The van der Waals surface area contributed by atoms with Crippen LogP contribution in [0.4, 0.5) is 4.39 Å². The van der Waals surface area contributed by atoms with Gasteiger partial charge in [-0.25, -0.2) is 4.39 Å². The van der Waals surface area contributed by atoms with Crippen molar-refractivity contribution in [3.63, 3.8) is 0 Å². The molecule has 70 valence electrons. The molecule has 0 amide bonds. The minimum absolute atomic E-state index is 0.0775. The van der Waals surface area contributed by atoms with Gasteiger partial charge in [-0.3, -0.25) is 0 Å². The molecule has 1 aromatic carbocycles. The van der Waals surface area contributed by atoms with Crippen LogP contribution < -0.4 is 5.32 Å². The maximum Gasteiger partial charge on any atom is 0.130 e. The Labute approximate surface area is 76.4 Å². The van der Waals surface area contributed by atoms with Gasteiger partial charge < -0.3 is 10.4 Å². The standard InChI is InChI=1S/C10H12FNO/c11-8-2-1-3-9(13)10(8)7-4-5-12-6-7/h1-3,7,12-13H,4-6H2. The third-order valence-electron chi connectivity index (χ3n) is 2.50. The Hall–Kier alpha value is -1.09. The zero-order chi connectivity index (χ0) is 9.26. The average Bonchev–Trinajstić information content (AvgIpc) is 2.57. The lowest BCUT2D eigenvalue weighted by Crippen LogP contribution is -2.09. The van der Waals surface area contributed by atoms with Gasteiger partial charge in [0.05, 0.1) is 0 Å². The summed E-state index contributed by atoms with van der Waals surface area (Å²) in [4.78, 5) is 0. The van der Waals surface area contributed by atoms with Crippen LogP contribution in [0.1, 0.15) is 17.9 Å². The van der Waals surface area contributed by atoms with E-state index in [1.807, 2.05) is 0 Å². The summed E-state index contributed by atoms with van der Waals surface area (Å²) < 4.78 is 13.3. The molecule has 1 atom stereocenters. The Balaban J connectivity index is 2.37. The summed E-state index contributed by atoms with van der Waals surface area (Å²) in [6, 6.07) is 4.46. The number of nitrogens with one attached hydrogen (secondary N) is 1. The second-order valence-electron chi connectivity index (χ2n) is 3.36. The number of aromatic hydroxyl groups is 1. The Kier molecular flexibility index (Phi) is 2.19. The van der Waals surface area contributed by atoms with Crippen LogP contribution in [-0.2, 0) is 0 Å². The van der Waals surface area contributed by atoms with Gasteiger partial charge in [0.25, 0.3) is 0 Å². The van der Waals surface area contributed by atoms with Crippen molar-refractivity contribution in [1.82, 2.24) is 5.32 Å². The Bertz CT molecular complexity index is 288. The summed E-state index contributed by atoms with van der Waals surface area (Å²) in [7, 11) is 0. The molecule has 0 aromatic heterocycles. The van der Waals surface area contributed by atoms with Crippen LogP contribution in [0.15, 0.2) is 18.2 Å². The van der Waals surface area contributed by atoms with Gasteiger partial charge in [-0.2, -0.15) is 0 Å². The second kappa shape index (κ2) is 3.34. The quantitative estimate of drug-likeness (QED) is 0.689. The number of rotatable bonds is 1. The van der Waals surface area contributed by atoms with Gasteiger partial charge >= 0.3 is 0 Å². The second-order valence-corrected chi connectivity index (χ2v) is 3.36. The molecule has 0 saturated carbocycles. The molecule has 1 unspecified atom stereocenters. The summed E-state index contributed by atoms with van der Waals surface area (Å²) in [6.45, 7) is 1.66. The molecule has 0 spiro atoms. The minimum Gasteiger partial charge on any atom is -0.508 e. The Morgan fingerprint density at radius 3 is 2.92 bits per heavy atom. The molecule has 0 bridgehead atoms. The number of hydrogen-bond acceptors (Lipinski definition) is 2. The van der Waals surface area contributed by atoms with Crippen molar-refractivity contribution in [3.05, 3.63) is 29.6 Å². The normalized spacial score (nSPS) is 22.1. The van der Waals surface area contributed by atoms with Crippen molar-refractivity contribution >= 4 is 0 Å². The first-order chi connectivity index (χ1) is 6.29. The van der Waals surface area contributed by atoms with Crippen LogP contribution in [-0.4, -0.2) is 18.2 Å². The predicted octanol–water partition coefficient (Wildman–Crippen LogP) is 1.61. The van der Waals surface area contributed by atoms with Crippen molar-refractivity contribution in [2.75, 3.05) is 13.1 Å². The van der Waals surface area contributed by atoms with E-state index in [9.17, 15) is 9.50 Å². The molecule has 1 aliphatic heterocycles. The molecule has 1 saturated heterocycles. The highest BCUT2D eigenvalue weighted by molar-refractivity contribution is 5.37. The van der Waals surface area contributed by atoms with E-state index in [0.717, 1.165) is 19.5 Å². The van der Waals surface area contributed by atoms with Crippen LogP contribution in [0, 0.1) is 5.82 Å². The topological polar surface area (TPSA) is 32.3 Å². The van der Waals surface area contributed by atoms with Crippen molar-refractivity contribution in [2.24, 2.45) is 0 Å². The lowest BCUT2D eigenvalue weighted by Gasteiger charge is -2.11. The van der Waals surface area contributed by atoms with Crippen LogP contribution >= 0.6 is 0 Å². The van der Waals surface area contributed by atoms with Gasteiger partial charge in [0.1, 0.15) is 11.6 Å². The predicted molar refractivity (Wildman–Crippen MR) is 48.3 cm³/mol. The van der Waals surface area contributed by atoms with Gasteiger partial charge in [0.15, 0.2) is 0 Å². The minimum atomic E-state index is -0.297. The first-order valence-electron chi connectivity index (χ1n) is 4.47. The molecular formula is C10H12FNO. The fourth-order valence-electron chi connectivity index (χ4n) is 1.83. The van der Waals surface area contributed by atoms with Gasteiger partial charge in [-0.1, -0.05) is 6.07 Å². The van der Waals surface area contributed by atoms with E-state index in [1.54, 1.807) is 0 Å². The van der Waals surface area contributed by atoms with Crippen molar-refractivity contribution in [1.29, 1.82) is 0 Å². The summed E-state index contributed by atoms with van der Waals surface area (Å²) in [5, 5.41) is 12.6. The SMILES string of the molecule is Oc1cccc(F)c1C1CCNC1. The molecule has 0 aliphatic carbocycles. The highest BCUT2D eigenvalue weighted by atomic mass is 19.1. The summed E-state index contributed by atoms with van der Waals surface area (Å²) in [6.07, 6.45) is 0.897. The molecule has 1 aliphatic rings. The van der Waals surface area contributed by atoms with E-state index in [0.29, 0.717) is 5.56 Å². The molecule has 3 heteroatoms. The average molecular weight is 181 g/mol. The molecule has 2 N–H and O–H groups in total. The van der Waals surface area contributed by atoms with Crippen LogP contribution in [0.25, 0.3) is 0 Å². The van der Waals surface area contributed by atoms with Gasteiger partial charge in [-0.15, -0.1) is 0 Å². The number of phenols is 1. The summed E-state index contributed by atoms with van der Waals surface area (Å²) >= 11 is 0. The number of halogens is 1. The fraction of sp³-hybridized carbons (Fsp3) is 0.400. The van der Waals surface area contributed by atoms with Crippen molar-refractivity contribution in [3.8, 4) is 5.75 Å². The molecule has 2 rings (SSSR count). The third kappa shape index (κ3) is 1.52. The largest absolute Gasteiger partial charge is 0.508 e. The summed E-state index contributed by atoms with van der Waals surface area (Å²) in [5.74, 6) is -0.0939. The Morgan fingerprint density at radius 2 is 2.31 bits per heavy atom. The highest BCUT2D eigenvalue weighted by Crippen LogP contribution is 2.31. The van der Waals surface area contributed by atoms with E-state index < -0.39 is 0 Å². The molecule has 1 fully saturated rings. The molecule has 2 nitrogen and oxygen atoms in total. The number of phenolic OH excluding ortho intramolecular Hbond substituents is 1. The maximum absolute atomic E-state index is 13.3. The smallest absolute Gasteiger partial charge is 0.130 e. The monoisotopic (exact) mass is 181 g/mol. The van der Waals surface area contributed by atoms with E-state index in [1.165, 1.54) is 18.2 Å². The van der Waals surface area contributed by atoms with Crippen molar-refractivity contribution in [2.45, 2.75) is 12.3 Å². The van der Waals surface area contributed by atoms with E-state index >= 15 is 0 Å². The van der Waals surface area contributed by atoms with Crippen molar-refractivity contribution < 1.29 is 9.50 Å². The number of benzene rings is 1. The van der Waals surface area contributed by atoms with Crippen LogP contribution in [0.3, 0.4) is 0 Å². The van der Waals surface area contributed by atoms with E-state index in [4.69, 9.17) is 0 Å². The van der Waals surface area contributed by atoms with E-state index in [-0.39, 0.29) is 17.5 Å². The van der Waals surface area contributed by atoms with Crippen LogP contribution in [0.5, 0.6) is 5.75 Å². The lowest BCUT2D eigenvalue weighted by atomic mass is 9.97. The van der Waals surface area contributed by atoms with Gasteiger partial charge in [0, 0.05) is 18.0 Å². The third-order valence-corrected chi connectivity index (χ3v) is 2.50. The first kappa shape index (κ1) is 8.51. The molecule has 13 heavy (non-hydrogen) atoms. The van der Waals surface area contributed by atoms with Gasteiger partial charge in [-0.05, 0) is 25.1 Å². The molecule has 1 heterocycles. The van der Waals surface area contributed by atoms with Gasteiger partial charge in [0.2, 0.25) is 0 Å². The first-order valence-corrected chi connectivity index (χ1v) is 4.47. The summed E-state index contributed by atoms with van der Waals surface area (Å²) in [5.41, 5.74) is 0.465. The molecule has 0 radical (unpaired) electrons. The number of hydrogen-bond donors (Lipinski definition) is 2. The maximum atomic E-state index is 13.3.